The van der Waals surface area contributed by atoms with Gasteiger partial charge in [-0.05, 0) is 30.3 Å². The second kappa shape index (κ2) is 8.11. The highest BCUT2D eigenvalue weighted by Gasteiger charge is 2.62. The molecular formula is C20H15F7N4O3. The predicted molar refractivity (Wildman–Crippen MR) is 102 cm³/mol. The number of fused-ring (bicyclic) bond motifs is 1. The van der Waals surface area contributed by atoms with Crippen molar-refractivity contribution < 1.29 is 45.0 Å². The van der Waals surface area contributed by atoms with E-state index in [0.29, 0.717) is 12.3 Å². The molecule has 3 atom stereocenters. The van der Waals surface area contributed by atoms with Crippen molar-refractivity contribution in [1.82, 2.24) is 4.98 Å². The molecule has 7 nitrogen and oxygen atoms in total. The van der Waals surface area contributed by atoms with E-state index in [1.807, 2.05) is 0 Å². The van der Waals surface area contributed by atoms with Gasteiger partial charge < -0.3 is 20.5 Å². The molecule has 2 aliphatic rings. The van der Waals surface area contributed by atoms with Gasteiger partial charge in [0.1, 0.15) is 17.1 Å². The van der Waals surface area contributed by atoms with Gasteiger partial charge in [0.2, 0.25) is 0 Å². The average molecular weight is 492 g/mol. The van der Waals surface area contributed by atoms with E-state index in [9.17, 15) is 35.5 Å². The number of pyridine rings is 1. The van der Waals surface area contributed by atoms with E-state index in [-0.39, 0.29) is 16.9 Å². The van der Waals surface area contributed by atoms with Crippen LogP contribution in [-0.2, 0) is 21.2 Å². The first-order valence-corrected chi connectivity index (χ1v) is 9.62. The number of hydrogen-bond acceptors (Lipinski definition) is 6. The van der Waals surface area contributed by atoms with Crippen LogP contribution in [0.15, 0.2) is 41.5 Å². The molecule has 0 bridgehead atoms. The number of hydrogen-bond donors (Lipinski definition) is 2. The van der Waals surface area contributed by atoms with Crippen molar-refractivity contribution in [2.24, 2.45) is 16.6 Å². The number of amidine groups is 1. The number of aromatic nitrogens is 1. The van der Waals surface area contributed by atoms with E-state index >= 15 is 0 Å². The van der Waals surface area contributed by atoms with Crippen molar-refractivity contribution in [2.75, 3.05) is 18.5 Å². The Morgan fingerprint density at radius 3 is 2.50 bits per heavy atom. The van der Waals surface area contributed by atoms with Crippen LogP contribution in [-0.4, -0.2) is 42.4 Å². The summed E-state index contributed by atoms with van der Waals surface area (Å²) < 4.78 is 103. The van der Waals surface area contributed by atoms with Gasteiger partial charge in [0, 0.05) is 17.4 Å². The van der Waals surface area contributed by atoms with Crippen LogP contribution in [0.2, 0.25) is 0 Å². The van der Waals surface area contributed by atoms with Gasteiger partial charge in [-0.3, -0.25) is 9.78 Å². The van der Waals surface area contributed by atoms with Crippen molar-refractivity contribution in [2.45, 2.75) is 24.0 Å². The second-order valence-electron chi connectivity index (χ2n) is 7.64. The maximum atomic E-state index is 14.8. The van der Waals surface area contributed by atoms with Crippen molar-refractivity contribution in [3.8, 4) is 0 Å². The number of carbonyl (C=O) groups excluding carboxylic acids is 1. The minimum absolute atomic E-state index is 0.0630. The Morgan fingerprint density at radius 1 is 1.15 bits per heavy atom. The molecule has 3 N–H and O–H groups in total. The Balaban J connectivity index is 1.66. The lowest BCUT2D eigenvalue weighted by Crippen LogP contribution is -2.48. The normalized spacial score (nSPS) is 24.7. The van der Waals surface area contributed by atoms with Crippen LogP contribution in [0, 0.1) is 11.7 Å². The minimum Gasteiger partial charge on any atom is -0.465 e. The van der Waals surface area contributed by atoms with Gasteiger partial charge >= 0.3 is 12.4 Å². The number of aliphatic imine (C=N–C) groups is 1. The third-order valence-corrected chi connectivity index (χ3v) is 5.52. The van der Waals surface area contributed by atoms with Gasteiger partial charge in [-0.1, -0.05) is 0 Å². The number of ether oxygens (including phenoxy) is 2. The molecule has 2 aliphatic heterocycles. The zero-order chi connectivity index (χ0) is 24.9. The summed E-state index contributed by atoms with van der Waals surface area (Å²) in [5.41, 5.74) is 1.87. The summed E-state index contributed by atoms with van der Waals surface area (Å²) in [5, 5.41) is 2.33. The van der Waals surface area contributed by atoms with E-state index in [1.165, 1.54) is 0 Å². The summed E-state index contributed by atoms with van der Waals surface area (Å²) >= 11 is 0. The van der Waals surface area contributed by atoms with E-state index in [0.717, 1.165) is 24.3 Å². The highest BCUT2D eigenvalue weighted by atomic mass is 19.4. The average Bonchev–Trinajstić information content (AvgIpc) is 3.14. The number of nitrogens with zero attached hydrogens (tertiary/aromatic N) is 2. The smallest absolute Gasteiger partial charge is 0.417 e. The summed E-state index contributed by atoms with van der Waals surface area (Å²) in [6, 6.07) is 4.14. The molecule has 1 unspecified atom stereocenters. The second-order valence-corrected chi connectivity index (χ2v) is 7.64. The minimum atomic E-state index is -4.78. The number of alkyl halides is 6. The Hall–Kier alpha value is -3.42. The Kier molecular flexibility index (Phi) is 5.66. The summed E-state index contributed by atoms with van der Waals surface area (Å²) in [5.74, 6) is -3.32. The number of nitrogens with one attached hydrogen (secondary N) is 1. The Labute approximate surface area is 186 Å². The van der Waals surface area contributed by atoms with Crippen LogP contribution >= 0.6 is 0 Å². The Bertz CT molecular complexity index is 1130. The third kappa shape index (κ3) is 4.24. The predicted octanol–water partition coefficient (Wildman–Crippen LogP) is 3.61. The van der Waals surface area contributed by atoms with Crippen LogP contribution in [0.1, 0.15) is 21.6 Å². The van der Waals surface area contributed by atoms with Crippen molar-refractivity contribution in [1.29, 1.82) is 0 Å². The number of nitrogens with two attached hydrogens (primary N) is 1. The van der Waals surface area contributed by atoms with Gasteiger partial charge in [0.15, 0.2) is 6.10 Å². The summed E-state index contributed by atoms with van der Waals surface area (Å²) in [6.07, 6.45) is -11.2. The third-order valence-electron chi connectivity index (χ3n) is 5.52. The first kappa shape index (κ1) is 23.7. The zero-order valence-corrected chi connectivity index (χ0v) is 16.9. The Morgan fingerprint density at radius 2 is 1.88 bits per heavy atom. The molecule has 1 aromatic carbocycles. The number of rotatable bonds is 3. The molecule has 1 amide bonds. The molecule has 0 spiro atoms. The van der Waals surface area contributed by atoms with Crippen molar-refractivity contribution in [3.63, 3.8) is 0 Å². The maximum Gasteiger partial charge on any atom is 0.417 e. The molecule has 1 fully saturated rings. The molecule has 3 heterocycles. The standard InChI is InChI=1S/C20H15F7N4O3/c21-13-3-2-10(30-16(32)14-4-1-9(6-29-14)19(22,23)24)5-11(13)18-8-34-15(20(25,26)27)12(18)7-33-17(28)31-18/h1-6,12,15H,7-8H2,(H2,28,31)(H,30,32)/t12-,15+,18?/m1/s1. The van der Waals surface area contributed by atoms with Gasteiger partial charge in [0.05, 0.1) is 24.7 Å². The molecule has 4 rings (SSSR count). The molecule has 0 saturated carbocycles. The van der Waals surface area contributed by atoms with E-state index in [1.54, 1.807) is 0 Å². The highest BCUT2D eigenvalue weighted by Crippen LogP contribution is 2.50. The number of anilines is 1. The molecular weight excluding hydrogens is 477 g/mol. The van der Waals surface area contributed by atoms with E-state index < -0.39 is 66.4 Å². The fraction of sp³-hybridized carbons (Fsp3) is 0.350. The van der Waals surface area contributed by atoms with Crippen LogP contribution in [0.3, 0.4) is 0 Å². The SMILES string of the molecule is NC1=NC2(c3cc(NC(=O)c4ccc(C(F)(F)F)cn4)ccc3F)CO[C@H](C(F)(F)F)[C@H]2CO1. The molecule has 14 heteroatoms. The zero-order valence-electron chi connectivity index (χ0n) is 16.9. The molecule has 1 saturated heterocycles. The topological polar surface area (TPSA) is 98.8 Å². The largest absolute Gasteiger partial charge is 0.465 e. The fourth-order valence-corrected chi connectivity index (χ4v) is 3.92. The molecule has 34 heavy (non-hydrogen) atoms. The number of halogens is 7. The highest BCUT2D eigenvalue weighted by molar-refractivity contribution is 6.02. The van der Waals surface area contributed by atoms with Gasteiger partial charge in [-0.25, -0.2) is 9.38 Å². The lowest BCUT2D eigenvalue weighted by atomic mass is 9.77. The van der Waals surface area contributed by atoms with Crippen molar-refractivity contribution in [3.05, 3.63) is 59.2 Å². The molecule has 0 radical (unpaired) electrons. The first-order chi connectivity index (χ1) is 15.8. The lowest BCUT2D eigenvalue weighted by Gasteiger charge is -2.36. The monoisotopic (exact) mass is 492 g/mol. The maximum absolute atomic E-state index is 14.8. The first-order valence-electron chi connectivity index (χ1n) is 9.62. The van der Waals surface area contributed by atoms with Crippen LogP contribution < -0.4 is 11.1 Å². The lowest BCUT2D eigenvalue weighted by molar-refractivity contribution is -0.219. The van der Waals surface area contributed by atoms with Crippen LogP contribution in [0.4, 0.5) is 36.4 Å². The molecule has 0 aliphatic carbocycles. The van der Waals surface area contributed by atoms with Gasteiger partial charge in [-0.15, -0.1) is 0 Å². The number of benzene rings is 1. The van der Waals surface area contributed by atoms with Crippen LogP contribution in [0.5, 0.6) is 0 Å². The summed E-state index contributed by atoms with van der Waals surface area (Å²) in [7, 11) is 0. The van der Waals surface area contributed by atoms with Gasteiger partial charge in [0.25, 0.3) is 11.9 Å². The number of carbonyl (C=O) groups is 1. The molecule has 182 valence electrons. The fourth-order valence-electron chi connectivity index (χ4n) is 3.92. The van der Waals surface area contributed by atoms with E-state index in [4.69, 9.17) is 15.2 Å². The van der Waals surface area contributed by atoms with Crippen molar-refractivity contribution >= 4 is 17.6 Å². The quantitative estimate of drug-likeness (QED) is 0.638. The number of amides is 1. The molecule has 2 aromatic rings. The molecule has 1 aromatic heterocycles. The summed E-state index contributed by atoms with van der Waals surface area (Å²) in [6.45, 7) is -1.19. The van der Waals surface area contributed by atoms with Gasteiger partial charge in [-0.2, -0.15) is 26.3 Å². The van der Waals surface area contributed by atoms with Crippen LogP contribution in [0.25, 0.3) is 0 Å². The van der Waals surface area contributed by atoms with E-state index in [2.05, 4.69) is 15.3 Å². The summed E-state index contributed by atoms with van der Waals surface area (Å²) in [4.78, 5) is 19.8.